The SMILES string of the molecule is COc1cc(NC(=O)C2(N)CCCCC2)ccc1NS(C)(=O)=O. The third kappa shape index (κ3) is 4.59. The molecule has 1 aromatic rings. The van der Waals surface area contributed by atoms with Crippen molar-refractivity contribution in [3.05, 3.63) is 18.2 Å². The van der Waals surface area contributed by atoms with Gasteiger partial charge in [-0.3, -0.25) is 9.52 Å². The van der Waals surface area contributed by atoms with Crippen LogP contribution in [0.15, 0.2) is 18.2 Å². The molecule has 4 N–H and O–H groups in total. The molecule has 0 aromatic heterocycles. The summed E-state index contributed by atoms with van der Waals surface area (Å²) in [5.41, 5.74) is 6.19. The van der Waals surface area contributed by atoms with Crippen LogP contribution in [0.3, 0.4) is 0 Å². The molecule has 0 saturated heterocycles. The Morgan fingerprint density at radius 1 is 1.26 bits per heavy atom. The van der Waals surface area contributed by atoms with Crippen molar-refractivity contribution in [1.29, 1.82) is 0 Å². The van der Waals surface area contributed by atoms with Crippen LogP contribution >= 0.6 is 0 Å². The van der Waals surface area contributed by atoms with Gasteiger partial charge in [0, 0.05) is 11.8 Å². The van der Waals surface area contributed by atoms with Crippen LogP contribution in [-0.2, 0) is 14.8 Å². The van der Waals surface area contributed by atoms with Gasteiger partial charge in [-0.15, -0.1) is 0 Å². The molecule has 0 spiro atoms. The summed E-state index contributed by atoms with van der Waals surface area (Å²) in [5.74, 6) is 0.103. The Hall–Kier alpha value is -1.80. The zero-order valence-electron chi connectivity index (χ0n) is 13.4. The fraction of sp³-hybridized carbons (Fsp3) is 0.533. The molecule has 1 fully saturated rings. The smallest absolute Gasteiger partial charge is 0.244 e. The number of nitrogens with one attached hydrogen (secondary N) is 2. The molecule has 0 unspecified atom stereocenters. The topological polar surface area (TPSA) is 111 Å². The third-order valence-electron chi connectivity index (χ3n) is 3.95. The second-order valence-corrected chi connectivity index (χ2v) is 7.71. The molecule has 0 heterocycles. The van der Waals surface area contributed by atoms with Crippen LogP contribution in [-0.4, -0.2) is 33.2 Å². The van der Waals surface area contributed by atoms with E-state index in [1.807, 2.05) is 0 Å². The first-order valence-corrected chi connectivity index (χ1v) is 9.39. The van der Waals surface area contributed by atoms with Crippen molar-refractivity contribution in [2.45, 2.75) is 37.6 Å². The summed E-state index contributed by atoms with van der Waals surface area (Å²) < 4.78 is 30.2. The molecule has 1 saturated carbocycles. The van der Waals surface area contributed by atoms with E-state index in [1.54, 1.807) is 18.2 Å². The van der Waals surface area contributed by atoms with Gasteiger partial charge in [-0.1, -0.05) is 19.3 Å². The summed E-state index contributed by atoms with van der Waals surface area (Å²) in [7, 11) is -1.98. The van der Waals surface area contributed by atoms with E-state index in [1.165, 1.54) is 7.11 Å². The van der Waals surface area contributed by atoms with Crippen LogP contribution in [0.5, 0.6) is 5.75 Å². The summed E-state index contributed by atoms with van der Waals surface area (Å²) in [6, 6.07) is 4.72. The van der Waals surface area contributed by atoms with Crippen molar-refractivity contribution in [3.8, 4) is 5.75 Å². The van der Waals surface area contributed by atoms with Gasteiger partial charge in [0.05, 0.1) is 24.6 Å². The molecule has 0 radical (unpaired) electrons. The van der Waals surface area contributed by atoms with Gasteiger partial charge in [-0.2, -0.15) is 0 Å². The number of benzene rings is 1. The summed E-state index contributed by atoms with van der Waals surface area (Å²) in [5, 5.41) is 2.80. The molecule has 128 valence electrons. The average molecular weight is 341 g/mol. The second-order valence-electron chi connectivity index (χ2n) is 5.96. The zero-order chi connectivity index (χ0) is 17.1. The minimum absolute atomic E-state index is 0.219. The van der Waals surface area contributed by atoms with Crippen molar-refractivity contribution in [2.24, 2.45) is 5.73 Å². The highest BCUT2D eigenvalue weighted by atomic mass is 32.2. The van der Waals surface area contributed by atoms with Gasteiger partial charge in [-0.05, 0) is 25.0 Å². The molecule has 0 bridgehead atoms. The fourth-order valence-corrected chi connectivity index (χ4v) is 3.29. The molecule has 1 aromatic carbocycles. The molecule has 7 nitrogen and oxygen atoms in total. The zero-order valence-corrected chi connectivity index (χ0v) is 14.2. The number of carbonyl (C=O) groups is 1. The Morgan fingerprint density at radius 2 is 1.91 bits per heavy atom. The average Bonchev–Trinajstić information content (AvgIpc) is 2.48. The lowest BCUT2D eigenvalue weighted by atomic mass is 9.82. The predicted molar refractivity (Wildman–Crippen MR) is 90.1 cm³/mol. The lowest BCUT2D eigenvalue weighted by molar-refractivity contribution is -0.122. The van der Waals surface area contributed by atoms with Crippen molar-refractivity contribution < 1.29 is 17.9 Å². The van der Waals surface area contributed by atoms with Gasteiger partial charge in [0.2, 0.25) is 15.9 Å². The van der Waals surface area contributed by atoms with Crippen LogP contribution in [0, 0.1) is 0 Å². The molecule has 0 aliphatic heterocycles. The summed E-state index contributed by atoms with van der Waals surface area (Å²) in [4.78, 5) is 12.4. The van der Waals surface area contributed by atoms with E-state index in [0.29, 0.717) is 30.0 Å². The maximum Gasteiger partial charge on any atom is 0.244 e. The summed E-state index contributed by atoms with van der Waals surface area (Å²) in [6.45, 7) is 0. The van der Waals surface area contributed by atoms with E-state index in [4.69, 9.17) is 10.5 Å². The van der Waals surface area contributed by atoms with Gasteiger partial charge in [0.1, 0.15) is 5.75 Å². The van der Waals surface area contributed by atoms with Crippen LogP contribution in [0.1, 0.15) is 32.1 Å². The molecule has 0 atom stereocenters. The molecular formula is C15H23N3O4S. The first-order valence-electron chi connectivity index (χ1n) is 7.50. The minimum atomic E-state index is -3.41. The minimum Gasteiger partial charge on any atom is -0.494 e. The van der Waals surface area contributed by atoms with E-state index in [0.717, 1.165) is 25.5 Å². The number of hydrogen-bond donors (Lipinski definition) is 3. The van der Waals surface area contributed by atoms with Crippen molar-refractivity contribution in [3.63, 3.8) is 0 Å². The lowest BCUT2D eigenvalue weighted by Crippen LogP contribution is -2.52. The largest absolute Gasteiger partial charge is 0.494 e. The number of rotatable bonds is 5. The molecule has 1 aliphatic carbocycles. The Bertz CT molecular complexity index is 682. The molecular weight excluding hydrogens is 318 g/mol. The Morgan fingerprint density at radius 3 is 2.48 bits per heavy atom. The van der Waals surface area contributed by atoms with Crippen molar-refractivity contribution in [1.82, 2.24) is 0 Å². The molecule has 2 rings (SSSR count). The van der Waals surface area contributed by atoms with E-state index >= 15 is 0 Å². The van der Waals surface area contributed by atoms with Gasteiger partial charge < -0.3 is 15.8 Å². The number of amides is 1. The maximum absolute atomic E-state index is 12.4. The molecule has 23 heavy (non-hydrogen) atoms. The first kappa shape index (κ1) is 17.6. The van der Waals surface area contributed by atoms with Crippen LogP contribution in [0.2, 0.25) is 0 Å². The van der Waals surface area contributed by atoms with Crippen LogP contribution < -0.4 is 20.5 Å². The van der Waals surface area contributed by atoms with E-state index in [-0.39, 0.29) is 5.91 Å². The molecule has 8 heteroatoms. The Labute approximate surface area is 136 Å². The Kier molecular flexibility index (Phi) is 5.16. The highest BCUT2D eigenvalue weighted by molar-refractivity contribution is 7.92. The fourth-order valence-electron chi connectivity index (χ4n) is 2.72. The summed E-state index contributed by atoms with van der Waals surface area (Å²) in [6.07, 6.45) is 5.40. The van der Waals surface area contributed by atoms with Crippen molar-refractivity contribution in [2.75, 3.05) is 23.4 Å². The number of anilines is 2. The summed E-state index contributed by atoms with van der Waals surface area (Å²) >= 11 is 0. The third-order valence-corrected chi connectivity index (χ3v) is 4.54. The van der Waals surface area contributed by atoms with E-state index in [9.17, 15) is 13.2 Å². The maximum atomic E-state index is 12.4. The number of sulfonamides is 1. The number of carbonyl (C=O) groups excluding carboxylic acids is 1. The van der Waals surface area contributed by atoms with Crippen LogP contribution in [0.4, 0.5) is 11.4 Å². The first-order chi connectivity index (χ1) is 10.7. The van der Waals surface area contributed by atoms with Crippen LogP contribution in [0.25, 0.3) is 0 Å². The number of nitrogens with two attached hydrogens (primary N) is 1. The number of ether oxygens (including phenoxy) is 1. The number of methoxy groups -OCH3 is 1. The van der Waals surface area contributed by atoms with Gasteiger partial charge in [0.15, 0.2) is 0 Å². The number of hydrogen-bond acceptors (Lipinski definition) is 5. The van der Waals surface area contributed by atoms with Crippen molar-refractivity contribution >= 4 is 27.3 Å². The lowest BCUT2D eigenvalue weighted by Gasteiger charge is -2.31. The predicted octanol–water partition coefficient (Wildman–Crippen LogP) is 1.67. The molecule has 1 aliphatic rings. The standard InChI is InChI=1S/C15H23N3O4S/c1-22-13-10-11(6-7-12(13)18-23(2,20)21)17-14(19)15(16)8-4-3-5-9-15/h6-7,10,18H,3-5,8-9,16H2,1-2H3,(H,17,19). The monoisotopic (exact) mass is 341 g/mol. The van der Waals surface area contributed by atoms with Gasteiger partial charge in [0.25, 0.3) is 0 Å². The van der Waals surface area contributed by atoms with Gasteiger partial charge >= 0.3 is 0 Å². The van der Waals surface area contributed by atoms with E-state index in [2.05, 4.69) is 10.0 Å². The normalized spacial score (nSPS) is 17.3. The molecule has 1 amide bonds. The quantitative estimate of drug-likeness (QED) is 0.754. The highest BCUT2D eigenvalue weighted by Gasteiger charge is 2.35. The highest BCUT2D eigenvalue weighted by Crippen LogP contribution is 2.31. The Balaban J connectivity index is 2.16. The van der Waals surface area contributed by atoms with E-state index < -0.39 is 15.6 Å². The van der Waals surface area contributed by atoms with Gasteiger partial charge in [-0.25, -0.2) is 8.42 Å². The second kappa shape index (κ2) is 6.76.